The van der Waals surface area contributed by atoms with E-state index in [-0.39, 0.29) is 53.7 Å². The van der Waals surface area contributed by atoms with Crippen LogP contribution in [0.5, 0.6) is 5.88 Å². The first-order chi connectivity index (χ1) is 18.8. The maximum absolute atomic E-state index is 13.6. The number of aromatic nitrogens is 2. The highest BCUT2D eigenvalue weighted by Gasteiger charge is 2.35. The molecule has 1 atom stereocenters. The first kappa shape index (κ1) is 27.6. The summed E-state index contributed by atoms with van der Waals surface area (Å²) < 4.78 is 35.5. The number of ether oxygens (including phenoxy) is 1. The van der Waals surface area contributed by atoms with Crippen LogP contribution < -0.4 is 9.46 Å². The van der Waals surface area contributed by atoms with Crippen LogP contribution in [0.4, 0.5) is 5.95 Å². The monoisotopic (exact) mass is 563 g/mol. The molecular formula is C29H33N5O5S. The largest absolute Gasteiger partial charge is 0.470 e. The van der Waals surface area contributed by atoms with Gasteiger partial charge in [-0.05, 0) is 43.2 Å². The Hall–Kier alpha value is -3.99. The maximum atomic E-state index is 13.6. The van der Waals surface area contributed by atoms with Gasteiger partial charge in [0.25, 0.3) is 15.9 Å². The summed E-state index contributed by atoms with van der Waals surface area (Å²) >= 11 is 0. The molecule has 1 fully saturated rings. The van der Waals surface area contributed by atoms with Crippen molar-refractivity contribution in [3.63, 3.8) is 0 Å². The van der Waals surface area contributed by atoms with Crippen molar-refractivity contribution in [1.29, 1.82) is 0 Å². The second kappa shape index (κ2) is 10.2. The highest BCUT2D eigenvalue weighted by molar-refractivity contribution is 7.92. The van der Waals surface area contributed by atoms with Crippen molar-refractivity contribution in [3.05, 3.63) is 65.2 Å². The van der Waals surface area contributed by atoms with Gasteiger partial charge >= 0.3 is 0 Å². The van der Waals surface area contributed by atoms with Crippen LogP contribution in [0.3, 0.4) is 0 Å². The van der Waals surface area contributed by atoms with Crippen LogP contribution >= 0.6 is 0 Å². The number of carbonyl (C=O) groups is 2. The van der Waals surface area contributed by atoms with E-state index >= 15 is 0 Å². The third-order valence-corrected chi connectivity index (χ3v) is 8.37. The van der Waals surface area contributed by atoms with E-state index in [0.29, 0.717) is 12.2 Å². The summed E-state index contributed by atoms with van der Waals surface area (Å²) in [6, 6.07) is 13.4. The fourth-order valence-corrected chi connectivity index (χ4v) is 6.09. The molecule has 5 rings (SSSR count). The molecule has 40 heavy (non-hydrogen) atoms. The van der Waals surface area contributed by atoms with Gasteiger partial charge in [-0.1, -0.05) is 45.0 Å². The summed E-state index contributed by atoms with van der Waals surface area (Å²) in [5.74, 6) is -0.409. The average molecular weight is 564 g/mol. The molecule has 0 unspecified atom stereocenters. The van der Waals surface area contributed by atoms with E-state index in [4.69, 9.17) is 4.74 Å². The minimum Gasteiger partial charge on any atom is -0.470 e. The Balaban J connectivity index is 1.67. The van der Waals surface area contributed by atoms with E-state index < -0.39 is 21.5 Å². The quantitative estimate of drug-likeness (QED) is 0.480. The highest BCUT2D eigenvalue weighted by atomic mass is 32.2. The first-order valence-electron chi connectivity index (χ1n) is 13.2. The van der Waals surface area contributed by atoms with Gasteiger partial charge in [0, 0.05) is 35.7 Å². The lowest BCUT2D eigenvalue weighted by atomic mass is 9.94. The Bertz CT molecular complexity index is 1580. The number of nitrogens with one attached hydrogen (secondary N) is 1. The highest BCUT2D eigenvalue weighted by Crippen LogP contribution is 2.30. The van der Waals surface area contributed by atoms with Gasteiger partial charge in [0.05, 0.1) is 23.7 Å². The van der Waals surface area contributed by atoms with E-state index in [1.165, 1.54) is 18.2 Å². The number of nitrogens with zero attached hydrogens (tertiary/aromatic N) is 4. The smallest absolute Gasteiger partial charge is 0.264 e. The Morgan fingerprint density at radius 3 is 2.40 bits per heavy atom. The summed E-state index contributed by atoms with van der Waals surface area (Å²) in [5, 5.41) is 0. The van der Waals surface area contributed by atoms with Crippen molar-refractivity contribution in [1.82, 2.24) is 19.8 Å². The van der Waals surface area contributed by atoms with Crippen LogP contribution in [0, 0.1) is 19.3 Å². The van der Waals surface area contributed by atoms with Crippen LogP contribution in [0.25, 0.3) is 11.3 Å². The van der Waals surface area contributed by atoms with Crippen LogP contribution in [-0.4, -0.2) is 72.3 Å². The Morgan fingerprint density at radius 1 is 1.00 bits per heavy atom. The Labute approximate surface area is 234 Å². The lowest BCUT2D eigenvalue weighted by molar-refractivity contribution is -0.140. The molecule has 210 valence electrons. The zero-order valence-electron chi connectivity index (χ0n) is 23.3. The topological polar surface area (TPSA) is 122 Å². The molecule has 0 saturated carbocycles. The second-order valence-corrected chi connectivity index (χ2v) is 13.0. The van der Waals surface area contributed by atoms with Gasteiger partial charge in [-0.2, -0.15) is 4.98 Å². The van der Waals surface area contributed by atoms with Gasteiger partial charge < -0.3 is 14.5 Å². The van der Waals surface area contributed by atoms with E-state index in [1.54, 1.807) is 21.9 Å². The number of rotatable bonds is 1. The van der Waals surface area contributed by atoms with Gasteiger partial charge in [0.2, 0.25) is 17.7 Å². The van der Waals surface area contributed by atoms with Gasteiger partial charge in [-0.3, -0.25) is 9.59 Å². The van der Waals surface area contributed by atoms with E-state index in [0.717, 1.165) is 16.7 Å². The number of benzene rings is 2. The number of anilines is 1. The van der Waals surface area contributed by atoms with Crippen molar-refractivity contribution < 1.29 is 22.7 Å². The predicted molar refractivity (Wildman–Crippen MR) is 151 cm³/mol. The van der Waals surface area contributed by atoms with E-state index in [9.17, 15) is 18.0 Å². The molecule has 11 heteroatoms. The zero-order valence-corrected chi connectivity index (χ0v) is 24.1. The normalized spacial score (nSPS) is 18.8. The molecular weight excluding hydrogens is 530 g/mol. The van der Waals surface area contributed by atoms with Crippen molar-refractivity contribution in [2.24, 2.45) is 5.41 Å². The Morgan fingerprint density at radius 2 is 1.70 bits per heavy atom. The summed E-state index contributed by atoms with van der Waals surface area (Å²) in [4.78, 5) is 39.0. The molecule has 2 amide bonds. The van der Waals surface area contributed by atoms with Gasteiger partial charge in [-0.25, -0.2) is 18.1 Å². The number of fused-ring (bicyclic) bond motifs is 6. The molecule has 3 heterocycles. The number of aryl methyl sites for hydroxylation is 2. The molecule has 1 N–H and O–H groups in total. The molecule has 2 aromatic carbocycles. The van der Waals surface area contributed by atoms with Crippen molar-refractivity contribution >= 4 is 27.8 Å². The molecule has 1 saturated heterocycles. The predicted octanol–water partition coefficient (Wildman–Crippen LogP) is 3.65. The summed E-state index contributed by atoms with van der Waals surface area (Å²) in [5.41, 5.74) is 2.85. The molecule has 0 spiro atoms. The summed E-state index contributed by atoms with van der Waals surface area (Å²) in [7, 11) is -4.12. The van der Waals surface area contributed by atoms with Crippen LogP contribution in [-0.2, 0) is 14.8 Å². The lowest BCUT2D eigenvalue weighted by Gasteiger charge is -2.30. The number of carbonyl (C=O) groups excluding carboxylic acids is 2. The van der Waals surface area contributed by atoms with E-state index in [1.807, 2.05) is 52.8 Å². The number of amides is 2. The van der Waals surface area contributed by atoms with Gasteiger partial charge in [0.1, 0.15) is 6.10 Å². The number of sulfonamides is 1. The molecule has 1 aromatic heterocycles. The minimum atomic E-state index is -4.12. The minimum absolute atomic E-state index is 0.0501. The van der Waals surface area contributed by atoms with Crippen LogP contribution in [0.2, 0.25) is 0 Å². The summed E-state index contributed by atoms with van der Waals surface area (Å²) in [6.07, 6.45) is -0.619. The lowest BCUT2D eigenvalue weighted by Crippen LogP contribution is -2.45. The van der Waals surface area contributed by atoms with Gasteiger partial charge in [0.15, 0.2) is 0 Å². The third kappa shape index (κ3) is 5.51. The average Bonchev–Trinajstić information content (AvgIpc) is 3.09. The van der Waals surface area contributed by atoms with Gasteiger partial charge in [-0.15, -0.1) is 0 Å². The SMILES string of the molecule is Cc1cccc(C)c1-c1cc2nc(n1)NS(=O)(=O)c1cccc(c1)C(=O)N1CCN(C(=O)C(C)(C)C)C[C@H](C1)O2. The number of hydrogen-bond acceptors (Lipinski definition) is 7. The standard InChI is InChI=1S/C29H33N5O5S/c1-18-8-6-9-19(2)25(18)23-15-24-31-28(30-23)32-40(37,38)22-11-7-10-20(14-22)26(35)33-12-13-34(17-21(16-33)39-24)27(36)29(3,4)5/h6-11,14-15,21H,12-13,16-17H2,1-5H3,(H,30,31,32)/t21-/m0/s1. The maximum Gasteiger partial charge on any atom is 0.264 e. The van der Waals surface area contributed by atoms with Crippen molar-refractivity contribution in [3.8, 4) is 17.1 Å². The van der Waals surface area contributed by atoms with Crippen LogP contribution in [0.1, 0.15) is 42.3 Å². The molecule has 3 aromatic rings. The fourth-order valence-electron chi connectivity index (χ4n) is 5.10. The van der Waals surface area contributed by atoms with E-state index in [2.05, 4.69) is 14.7 Å². The third-order valence-electron chi connectivity index (χ3n) is 7.05. The second-order valence-electron chi connectivity index (χ2n) is 11.3. The molecule has 6 bridgehead atoms. The zero-order chi connectivity index (χ0) is 28.8. The molecule has 2 aliphatic heterocycles. The summed E-state index contributed by atoms with van der Waals surface area (Å²) in [6.45, 7) is 10.5. The number of hydrogen-bond donors (Lipinski definition) is 1. The van der Waals surface area contributed by atoms with Crippen molar-refractivity contribution in [2.75, 3.05) is 30.9 Å². The fraction of sp³-hybridized carbons (Fsp3) is 0.379. The molecule has 0 aliphatic carbocycles. The Kier molecular flexibility index (Phi) is 7.03. The first-order valence-corrected chi connectivity index (χ1v) is 14.6. The molecule has 2 aliphatic rings. The molecule has 10 nitrogen and oxygen atoms in total. The van der Waals surface area contributed by atoms with Crippen molar-refractivity contribution in [2.45, 2.75) is 45.6 Å². The van der Waals surface area contributed by atoms with Crippen LogP contribution in [0.15, 0.2) is 53.4 Å². The molecule has 0 radical (unpaired) electrons.